The second kappa shape index (κ2) is 12.9. The molecule has 182 valence electrons. The fourth-order valence-corrected chi connectivity index (χ4v) is 6.03. The van der Waals surface area contributed by atoms with E-state index in [1.165, 1.54) is 25.7 Å². The summed E-state index contributed by atoms with van der Waals surface area (Å²) in [4.78, 5) is 4.54. The van der Waals surface area contributed by atoms with Crippen LogP contribution in [0.5, 0.6) is 0 Å². The van der Waals surface area contributed by atoms with Crippen LogP contribution in [0.1, 0.15) is 65.2 Å². The summed E-state index contributed by atoms with van der Waals surface area (Å²) in [5.41, 5.74) is 0.208. The SMILES string of the molecule is CCNC(=NCCS(=O)(=O)NCC1CCCCO1)NC1CC(OCC)C12CCCC2.I. The second-order valence-electron chi connectivity index (χ2n) is 8.73. The highest BCUT2D eigenvalue weighted by atomic mass is 127. The number of hydrogen-bond donors (Lipinski definition) is 3. The molecular weight excluding hydrogens is 531 g/mol. The molecule has 3 atom stereocenters. The van der Waals surface area contributed by atoms with Crippen molar-refractivity contribution in [2.45, 2.75) is 83.5 Å². The molecule has 0 aromatic carbocycles. The number of hydrogen-bond acceptors (Lipinski definition) is 5. The highest BCUT2D eigenvalue weighted by Crippen LogP contribution is 2.54. The zero-order valence-electron chi connectivity index (χ0n) is 19.0. The first-order valence-corrected chi connectivity index (χ1v) is 13.4. The van der Waals surface area contributed by atoms with Gasteiger partial charge in [-0.2, -0.15) is 0 Å². The van der Waals surface area contributed by atoms with Gasteiger partial charge in [-0.3, -0.25) is 4.99 Å². The Bertz CT molecular complexity index is 664. The molecule has 2 aliphatic carbocycles. The molecule has 3 unspecified atom stereocenters. The minimum Gasteiger partial charge on any atom is -0.378 e. The average Bonchev–Trinajstić information content (AvgIpc) is 3.25. The molecule has 0 bridgehead atoms. The smallest absolute Gasteiger partial charge is 0.213 e. The van der Waals surface area contributed by atoms with Crippen molar-refractivity contribution in [2.24, 2.45) is 10.4 Å². The molecule has 1 aliphatic heterocycles. The van der Waals surface area contributed by atoms with E-state index >= 15 is 0 Å². The third kappa shape index (κ3) is 7.41. The van der Waals surface area contributed by atoms with Gasteiger partial charge >= 0.3 is 0 Å². The Morgan fingerprint density at radius 1 is 1.19 bits per heavy atom. The fraction of sp³-hybridized carbons (Fsp3) is 0.952. The van der Waals surface area contributed by atoms with E-state index in [0.717, 1.165) is 45.4 Å². The summed E-state index contributed by atoms with van der Waals surface area (Å²) in [6.07, 6.45) is 9.28. The minimum atomic E-state index is -3.36. The monoisotopic (exact) mass is 572 g/mol. The van der Waals surface area contributed by atoms with Crippen molar-refractivity contribution < 1.29 is 17.9 Å². The molecule has 1 saturated heterocycles. The standard InChI is InChI=1S/C21H40N4O4S.HI/c1-3-22-20(25-18-15-19(28-4-2)21(18)10-6-7-11-21)23-12-14-30(26,27)24-16-17-9-5-8-13-29-17;/h17-19,24H,3-16H2,1-2H3,(H2,22,23,25);1H. The Hall–Kier alpha value is -0.170. The first kappa shape index (κ1) is 27.1. The Morgan fingerprint density at radius 3 is 2.61 bits per heavy atom. The number of guanidine groups is 1. The predicted octanol–water partition coefficient (Wildman–Crippen LogP) is 2.39. The number of halogens is 1. The van der Waals surface area contributed by atoms with Gasteiger partial charge in [0, 0.05) is 37.8 Å². The summed E-state index contributed by atoms with van der Waals surface area (Å²) in [6.45, 7) is 6.88. The van der Waals surface area contributed by atoms with Gasteiger partial charge in [-0.1, -0.05) is 12.8 Å². The molecule has 0 aromatic heterocycles. The zero-order valence-corrected chi connectivity index (χ0v) is 22.2. The van der Waals surface area contributed by atoms with Gasteiger partial charge in [0.15, 0.2) is 5.96 Å². The summed E-state index contributed by atoms with van der Waals surface area (Å²) in [6, 6.07) is 0.340. The van der Waals surface area contributed by atoms with Crippen molar-refractivity contribution in [1.29, 1.82) is 0 Å². The maximum absolute atomic E-state index is 12.3. The molecule has 2 saturated carbocycles. The third-order valence-corrected chi connectivity index (χ3v) is 8.10. The summed E-state index contributed by atoms with van der Waals surface area (Å²) >= 11 is 0. The lowest BCUT2D eigenvalue weighted by Gasteiger charge is -2.54. The second-order valence-corrected chi connectivity index (χ2v) is 10.7. The third-order valence-electron chi connectivity index (χ3n) is 6.78. The van der Waals surface area contributed by atoms with Crippen LogP contribution in [0, 0.1) is 5.41 Å². The quantitative estimate of drug-likeness (QED) is 0.211. The van der Waals surface area contributed by atoms with Crippen molar-refractivity contribution in [1.82, 2.24) is 15.4 Å². The van der Waals surface area contributed by atoms with E-state index in [4.69, 9.17) is 9.47 Å². The van der Waals surface area contributed by atoms with Gasteiger partial charge in [-0.25, -0.2) is 13.1 Å². The lowest BCUT2D eigenvalue weighted by atomic mass is 9.60. The summed E-state index contributed by atoms with van der Waals surface area (Å²) < 4.78 is 38.9. The molecule has 1 heterocycles. The van der Waals surface area contributed by atoms with E-state index < -0.39 is 10.0 Å². The number of ether oxygens (including phenoxy) is 2. The van der Waals surface area contributed by atoms with Crippen molar-refractivity contribution in [3.63, 3.8) is 0 Å². The van der Waals surface area contributed by atoms with Gasteiger partial charge in [0.05, 0.1) is 24.5 Å². The van der Waals surface area contributed by atoms with Gasteiger partial charge in [0.1, 0.15) is 0 Å². The van der Waals surface area contributed by atoms with Crippen LogP contribution in [-0.4, -0.2) is 71.2 Å². The van der Waals surface area contributed by atoms with E-state index in [2.05, 4.69) is 27.3 Å². The van der Waals surface area contributed by atoms with Crippen LogP contribution in [0.4, 0.5) is 0 Å². The highest BCUT2D eigenvalue weighted by molar-refractivity contribution is 14.0. The number of aliphatic imine (C=N–C) groups is 1. The molecule has 8 nitrogen and oxygen atoms in total. The molecule has 0 amide bonds. The number of nitrogens with one attached hydrogen (secondary N) is 3. The molecule has 3 fully saturated rings. The molecule has 0 aromatic rings. The zero-order chi connectivity index (χ0) is 21.5. The van der Waals surface area contributed by atoms with Crippen LogP contribution in [0.2, 0.25) is 0 Å². The van der Waals surface area contributed by atoms with Crippen LogP contribution in [0.3, 0.4) is 0 Å². The van der Waals surface area contributed by atoms with E-state index in [9.17, 15) is 8.42 Å². The van der Waals surface area contributed by atoms with Gasteiger partial charge in [0.25, 0.3) is 0 Å². The van der Waals surface area contributed by atoms with Crippen LogP contribution in [-0.2, 0) is 19.5 Å². The topological polar surface area (TPSA) is 101 Å². The summed E-state index contributed by atoms with van der Waals surface area (Å²) in [7, 11) is -3.36. The maximum atomic E-state index is 12.3. The maximum Gasteiger partial charge on any atom is 0.213 e. The molecular formula is C21H41IN4O4S. The Kier molecular flexibility index (Phi) is 11.3. The van der Waals surface area contributed by atoms with Crippen molar-refractivity contribution in [3.8, 4) is 0 Å². The summed E-state index contributed by atoms with van der Waals surface area (Å²) in [5, 5.41) is 6.84. The molecule has 1 spiro atoms. The summed E-state index contributed by atoms with van der Waals surface area (Å²) in [5.74, 6) is 0.683. The molecule has 0 radical (unpaired) electrons. The van der Waals surface area contributed by atoms with E-state index in [1.807, 2.05) is 6.92 Å². The Balaban J connectivity index is 0.00000341. The van der Waals surface area contributed by atoms with Crippen LogP contribution < -0.4 is 15.4 Å². The van der Waals surface area contributed by atoms with Gasteiger partial charge in [0.2, 0.25) is 10.0 Å². The van der Waals surface area contributed by atoms with Gasteiger partial charge in [-0.05, 0) is 52.4 Å². The Morgan fingerprint density at radius 2 is 1.97 bits per heavy atom. The van der Waals surface area contributed by atoms with Crippen LogP contribution >= 0.6 is 24.0 Å². The minimum absolute atomic E-state index is 0. The normalized spacial score (nSPS) is 28.1. The van der Waals surface area contributed by atoms with E-state index in [1.54, 1.807) is 0 Å². The van der Waals surface area contributed by atoms with Crippen LogP contribution in [0.25, 0.3) is 0 Å². The first-order chi connectivity index (χ1) is 14.5. The van der Waals surface area contributed by atoms with E-state index in [-0.39, 0.29) is 47.8 Å². The molecule has 3 aliphatic rings. The Labute approximate surface area is 205 Å². The first-order valence-electron chi connectivity index (χ1n) is 11.7. The number of sulfonamides is 1. The highest BCUT2D eigenvalue weighted by Gasteiger charge is 2.56. The van der Waals surface area contributed by atoms with Crippen LogP contribution in [0.15, 0.2) is 4.99 Å². The predicted molar refractivity (Wildman–Crippen MR) is 135 cm³/mol. The average molecular weight is 573 g/mol. The fourth-order valence-electron chi connectivity index (χ4n) is 5.11. The number of rotatable bonds is 10. The lowest BCUT2D eigenvalue weighted by molar-refractivity contribution is -0.125. The molecule has 3 N–H and O–H groups in total. The lowest BCUT2D eigenvalue weighted by Crippen LogP contribution is -2.65. The molecule has 3 rings (SSSR count). The van der Waals surface area contributed by atoms with Crippen molar-refractivity contribution >= 4 is 40.0 Å². The van der Waals surface area contributed by atoms with Crippen molar-refractivity contribution in [3.05, 3.63) is 0 Å². The van der Waals surface area contributed by atoms with Crippen molar-refractivity contribution in [2.75, 3.05) is 38.6 Å². The number of nitrogens with zero attached hydrogens (tertiary/aromatic N) is 1. The van der Waals surface area contributed by atoms with Gasteiger partial charge in [-0.15, -0.1) is 24.0 Å². The largest absolute Gasteiger partial charge is 0.378 e. The molecule has 31 heavy (non-hydrogen) atoms. The molecule has 10 heteroatoms. The van der Waals surface area contributed by atoms with Gasteiger partial charge < -0.3 is 20.1 Å². The van der Waals surface area contributed by atoms with E-state index in [0.29, 0.717) is 24.7 Å².